The van der Waals surface area contributed by atoms with Gasteiger partial charge in [0.05, 0.1) is 24.0 Å². The number of methoxy groups -OCH3 is 1. The molecule has 0 atom stereocenters. The molecule has 2 amide bonds. The zero-order valence-corrected chi connectivity index (χ0v) is 15.4. The van der Waals surface area contributed by atoms with Crippen LogP contribution in [0.5, 0.6) is 5.75 Å². The lowest BCUT2D eigenvalue weighted by molar-refractivity contribution is 0.102. The predicted octanol–water partition coefficient (Wildman–Crippen LogP) is 4.10. The molecular weight excluding hydrogens is 369 g/mol. The van der Waals surface area contributed by atoms with Crippen molar-refractivity contribution in [3.8, 4) is 5.75 Å². The van der Waals surface area contributed by atoms with Gasteiger partial charge in [0, 0.05) is 11.3 Å². The van der Waals surface area contributed by atoms with E-state index >= 15 is 0 Å². The van der Waals surface area contributed by atoms with E-state index in [1.807, 2.05) is 0 Å². The Morgan fingerprint density at radius 3 is 2.59 bits per heavy atom. The summed E-state index contributed by atoms with van der Waals surface area (Å²) >= 11 is 1.24. The number of carbonyl (C=O) groups excluding carboxylic acids is 2. The molecule has 1 aromatic heterocycles. The fourth-order valence-corrected chi connectivity index (χ4v) is 3.11. The number of aromatic nitrogens is 1. The molecule has 3 aromatic rings. The molecule has 0 spiro atoms. The minimum absolute atomic E-state index is 0.173. The number of halogens is 1. The summed E-state index contributed by atoms with van der Waals surface area (Å²) in [7, 11) is 1.46. The molecule has 0 aliphatic heterocycles. The Labute approximate surface area is 159 Å². The number of nitrogens with zero attached hydrogens (tertiary/aromatic N) is 1. The van der Waals surface area contributed by atoms with Gasteiger partial charge < -0.3 is 15.4 Å². The maximum Gasteiger partial charge on any atom is 0.267 e. The lowest BCUT2D eigenvalue weighted by Gasteiger charge is -2.13. The van der Waals surface area contributed by atoms with E-state index in [1.165, 1.54) is 36.6 Å². The molecular formula is C19H16FN3O3S. The average Bonchev–Trinajstić information content (AvgIpc) is 3.08. The molecule has 2 N–H and O–H groups in total. The molecule has 6 nitrogen and oxygen atoms in total. The van der Waals surface area contributed by atoms with Crippen molar-refractivity contribution >= 4 is 34.5 Å². The van der Waals surface area contributed by atoms with Crippen molar-refractivity contribution in [2.45, 2.75) is 6.92 Å². The highest BCUT2D eigenvalue weighted by molar-refractivity contribution is 7.12. The molecule has 3 rings (SSSR count). The van der Waals surface area contributed by atoms with E-state index in [2.05, 4.69) is 15.6 Å². The van der Waals surface area contributed by atoms with Crippen molar-refractivity contribution in [1.29, 1.82) is 0 Å². The van der Waals surface area contributed by atoms with Crippen LogP contribution in [0.25, 0.3) is 0 Å². The van der Waals surface area contributed by atoms with E-state index in [1.54, 1.807) is 30.6 Å². The number of benzene rings is 2. The minimum Gasteiger partial charge on any atom is -0.495 e. The maximum absolute atomic E-state index is 13.3. The third kappa shape index (κ3) is 4.29. The Morgan fingerprint density at radius 2 is 1.93 bits per heavy atom. The van der Waals surface area contributed by atoms with Gasteiger partial charge in [0.15, 0.2) is 0 Å². The van der Waals surface area contributed by atoms with Crippen molar-refractivity contribution in [2.24, 2.45) is 0 Å². The summed E-state index contributed by atoms with van der Waals surface area (Å²) < 4.78 is 18.6. The van der Waals surface area contributed by atoms with Gasteiger partial charge in [0.1, 0.15) is 16.4 Å². The van der Waals surface area contributed by atoms with Crippen molar-refractivity contribution in [3.05, 3.63) is 69.9 Å². The normalized spacial score (nSPS) is 10.3. The minimum atomic E-state index is -0.504. The number of ether oxygens (including phenoxy) is 1. The van der Waals surface area contributed by atoms with Gasteiger partial charge in [-0.25, -0.2) is 9.37 Å². The van der Waals surface area contributed by atoms with Crippen LogP contribution in [-0.2, 0) is 0 Å². The molecule has 0 aliphatic carbocycles. The van der Waals surface area contributed by atoms with E-state index in [9.17, 15) is 14.0 Å². The molecule has 138 valence electrons. The summed E-state index contributed by atoms with van der Waals surface area (Å²) in [5.41, 5.74) is 3.24. The Morgan fingerprint density at radius 1 is 1.11 bits per heavy atom. The van der Waals surface area contributed by atoms with Gasteiger partial charge in [-0.1, -0.05) is 6.07 Å². The van der Waals surface area contributed by atoms with E-state index in [0.29, 0.717) is 27.7 Å². The van der Waals surface area contributed by atoms with Crippen LogP contribution in [0.1, 0.15) is 25.7 Å². The summed E-state index contributed by atoms with van der Waals surface area (Å²) in [6.07, 6.45) is 0. The van der Waals surface area contributed by atoms with Gasteiger partial charge in [-0.05, 0) is 43.3 Å². The summed E-state index contributed by atoms with van der Waals surface area (Å²) in [4.78, 5) is 29.3. The SMILES string of the molecule is COc1ccc(NC(=O)c2scnc2C)cc1NC(=O)c1cccc(F)c1. The van der Waals surface area contributed by atoms with Gasteiger partial charge in [-0.3, -0.25) is 9.59 Å². The highest BCUT2D eigenvalue weighted by Crippen LogP contribution is 2.29. The third-order valence-corrected chi connectivity index (χ3v) is 4.67. The predicted molar refractivity (Wildman–Crippen MR) is 102 cm³/mol. The van der Waals surface area contributed by atoms with E-state index in [-0.39, 0.29) is 11.5 Å². The molecule has 1 heterocycles. The fraction of sp³-hybridized carbons (Fsp3) is 0.105. The summed E-state index contributed by atoms with van der Waals surface area (Å²) in [5.74, 6) is -0.876. The van der Waals surface area contributed by atoms with Crippen molar-refractivity contribution in [1.82, 2.24) is 4.98 Å². The first-order valence-electron chi connectivity index (χ1n) is 7.94. The van der Waals surface area contributed by atoms with Crippen LogP contribution in [0, 0.1) is 12.7 Å². The van der Waals surface area contributed by atoms with Gasteiger partial charge in [-0.15, -0.1) is 11.3 Å². The standard InChI is InChI=1S/C19H16FN3O3S/c1-11-17(27-10-21-11)19(25)22-14-6-7-16(26-2)15(9-14)23-18(24)12-4-3-5-13(20)8-12/h3-10H,1-2H3,(H,22,25)(H,23,24). The average molecular weight is 385 g/mol. The summed E-state index contributed by atoms with van der Waals surface area (Å²) in [5, 5.41) is 5.44. The van der Waals surface area contributed by atoms with Crippen molar-refractivity contribution in [3.63, 3.8) is 0 Å². The molecule has 0 unspecified atom stereocenters. The van der Waals surface area contributed by atoms with Crippen LogP contribution >= 0.6 is 11.3 Å². The molecule has 27 heavy (non-hydrogen) atoms. The van der Waals surface area contributed by atoms with E-state index in [0.717, 1.165) is 6.07 Å². The molecule has 2 aromatic carbocycles. The second-order valence-corrected chi connectivity index (χ2v) is 6.46. The highest BCUT2D eigenvalue weighted by Gasteiger charge is 2.15. The molecule has 0 saturated heterocycles. The molecule has 0 bridgehead atoms. The number of anilines is 2. The topological polar surface area (TPSA) is 80.3 Å². The Balaban J connectivity index is 1.82. The van der Waals surface area contributed by atoms with Gasteiger partial charge in [0.2, 0.25) is 0 Å². The number of thiazole rings is 1. The van der Waals surface area contributed by atoms with Crippen LogP contribution in [0.15, 0.2) is 48.0 Å². The Hall–Kier alpha value is -3.26. The van der Waals surface area contributed by atoms with Crippen LogP contribution in [-0.4, -0.2) is 23.9 Å². The van der Waals surface area contributed by atoms with Crippen molar-refractivity contribution < 1.29 is 18.7 Å². The summed E-state index contributed by atoms with van der Waals surface area (Å²) in [6, 6.07) is 10.2. The smallest absolute Gasteiger partial charge is 0.267 e. The lowest BCUT2D eigenvalue weighted by atomic mass is 10.2. The van der Waals surface area contributed by atoms with E-state index in [4.69, 9.17) is 4.74 Å². The molecule has 0 radical (unpaired) electrons. The molecule has 0 fully saturated rings. The Bertz CT molecular complexity index is 1000. The largest absolute Gasteiger partial charge is 0.495 e. The number of carbonyl (C=O) groups is 2. The number of hydrogen-bond donors (Lipinski definition) is 2. The highest BCUT2D eigenvalue weighted by atomic mass is 32.1. The first kappa shape index (κ1) is 18.5. The van der Waals surface area contributed by atoms with Crippen LogP contribution in [0.4, 0.5) is 15.8 Å². The number of nitrogens with one attached hydrogen (secondary N) is 2. The number of amides is 2. The van der Waals surface area contributed by atoms with Gasteiger partial charge in [0.25, 0.3) is 11.8 Å². The van der Waals surface area contributed by atoms with Crippen LogP contribution < -0.4 is 15.4 Å². The Kier molecular flexibility index (Phi) is 5.46. The van der Waals surface area contributed by atoms with Gasteiger partial charge >= 0.3 is 0 Å². The number of rotatable bonds is 5. The van der Waals surface area contributed by atoms with Crippen molar-refractivity contribution in [2.75, 3.05) is 17.7 Å². The second kappa shape index (κ2) is 7.96. The van der Waals surface area contributed by atoms with Gasteiger partial charge in [-0.2, -0.15) is 0 Å². The molecule has 0 aliphatic rings. The third-order valence-electron chi connectivity index (χ3n) is 3.74. The zero-order valence-electron chi connectivity index (χ0n) is 14.6. The second-order valence-electron chi connectivity index (χ2n) is 5.60. The first-order valence-corrected chi connectivity index (χ1v) is 8.82. The monoisotopic (exact) mass is 385 g/mol. The maximum atomic E-state index is 13.3. The van der Waals surface area contributed by atoms with Crippen LogP contribution in [0.2, 0.25) is 0 Å². The summed E-state index contributed by atoms with van der Waals surface area (Å²) in [6.45, 7) is 1.75. The molecule has 8 heteroatoms. The first-order chi connectivity index (χ1) is 13.0. The van der Waals surface area contributed by atoms with Crippen LogP contribution in [0.3, 0.4) is 0 Å². The van der Waals surface area contributed by atoms with E-state index < -0.39 is 11.7 Å². The number of hydrogen-bond acceptors (Lipinski definition) is 5. The molecule has 0 saturated carbocycles. The lowest BCUT2D eigenvalue weighted by Crippen LogP contribution is -2.14. The zero-order chi connectivity index (χ0) is 19.4. The quantitative estimate of drug-likeness (QED) is 0.693. The number of aryl methyl sites for hydroxylation is 1. The fourth-order valence-electron chi connectivity index (χ4n) is 2.42.